The lowest BCUT2D eigenvalue weighted by Gasteiger charge is -2.09. The smallest absolute Gasteiger partial charge is 0.0776 e. The van der Waals surface area contributed by atoms with Gasteiger partial charge < -0.3 is 5.73 Å². The molecule has 0 aliphatic rings. The highest BCUT2D eigenvalue weighted by Crippen LogP contribution is 2.24. The fraction of sp³-hybridized carbons (Fsp3) is 0.300. The molecule has 0 saturated carbocycles. The van der Waals surface area contributed by atoms with Crippen LogP contribution in [0.2, 0.25) is 0 Å². The number of pyridine rings is 1. The molecule has 5 heteroatoms. The molecule has 1 atom stereocenters. The van der Waals surface area contributed by atoms with Crippen LogP contribution in [0.15, 0.2) is 18.5 Å². The van der Waals surface area contributed by atoms with E-state index in [-0.39, 0.29) is 6.04 Å². The predicted molar refractivity (Wildman–Crippen MR) is 59.7 cm³/mol. The van der Waals surface area contributed by atoms with E-state index in [1.165, 1.54) is 11.5 Å². The van der Waals surface area contributed by atoms with Crippen LogP contribution in [0.1, 0.15) is 27.7 Å². The van der Waals surface area contributed by atoms with Crippen molar-refractivity contribution in [1.82, 2.24) is 14.6 Å². The maximum absolute atomic E-state index is 6.12. The van der Waals surface area contributed by atoms with Crippen LogP contribution in [0.5, 0.6) is 0 Å². The van der Waals surface area contributed by atoms with E-state index in [1.807, 2.05) is 26.1 Å². The first kappa shape index (κ1) is 10.2. The van der Waals surface area contributed by atoms with Crippen LogP contribution >= 0.6 is 11.5 Å². The van der Waals surface area contributed by atoms with Gasteiger partial charge in [-0.1, -0.05) is 10.6 Å². The molecule has 0 bridgehead atoms. The van der Waals surface area contributed by atoms with Crippen LogP contribution in [0.4, 0.5) is 0 Å². The third-order valence-electron chi connectivity index (χ3n) is 2.22. The molecule has 1 unspecified atom stereocenters. The van der Waals surface area contributed by atoms with Gasteiger partial charge in [-0.15, -0.1) is 5.10 Å². The molecule has 0 aliphatic heterocycles. The Labute approximate surface area is 92.3 Å². The lowest BCUT2D eigenvalue weighted by molar-refractivity contribution is 0.863. The lowest BCUT2D eigenvalue weighted by Crippen LogP contribution is -2.12. The van der Waals surface area contributed by atoms with Crippen LogP contribution in [-0.4, -0.2) is 14.6 Å². The molecule has 2 N–H and O–H groups in total. The highest BCUT2D eigenvalue weighted by Gasteiger charge is 2.15. The number of nitrogens with two attached hydrogens (primary N) is 1. The normalized spacial score (nSPS) is 12.7. The highest BCUT2D eigenvalue weighted by atomic mass is 32.1. The Morgan fingerprint density at radius 2 is 2.13 bits per heavy atom. The third-order valence-corrected chi connectivity index (χ3v) is 3.13. The van der Waals surface area contributed by atoms with E-state index < -0.39 is 0 Å². The lowest BCUT2D eigenvalue weighted by atomic mass is 10.1. The minimum atomic E-state index is -0.169. The number of nitrogens with zero attached hydrogens (tertiary/aromatic N) is 3. The minimum absolute atomic E-state index is 0.169. The largest absolute Gasteiger partial charge is 0.319 e. The molecular formula is C10H12N4S. The number of hydrogen-bond donors (Lipinski definition) is 1. The van der Waals surface area contributed by atoms with E-state index in [9.17, 15) is 0 Å². The average Bonchev–Trinajstić information content (AvgIpc) is 2.63. The van der Waals surface area contributed by atoms with Crippen LogP contribution < -0.4 is 5.73 Å². The topological polar surface area (TPSA) is 64.7 Å². The summed E-state index contributed by atoms with van der Waals surface area (Å²) in [5, 5.41) is 3.95. The van der Waals surface area contributed by atoms with Gasteiger partial charge in [0.15, 0.2) is 0 Å². The molecule has 0 amide bonds. The van der Waals surface area contributed by atoms with Gasteiger partial charge in [0.05, 0.1) is 16.6 Å². The average molecular weight is 220 g/mol. The van der Waals surface area contributed by atoms with E-state index in [2.05, 4.69) is 14.6 Å². The number of rotatable bonds is 2. The van der Waals surface area contributed by atoms with Gasteiger partial charge in [0.1, 0.15) is 0 Å². The van der Waals surface area contributed by atoms with E-state index in [0.29, 0.717) is 0 Å². The molecule has 2 aromatic rings. The van der Waals surface area contributed by atoms with E-state index >= 15 is 0 Å². The van der Waals surface area contributed by atoms with Gasteiger partial charge in [-0.25, -0.2) is 0 Å². The summed E-state index contributed by atoms with van der Waals surface area (Å²) in [7, 11) is 0. The molecule has 2 rings (SSSR count). The van der Waals surface area contributed by atoms with Crippen LogP contribution in [0, 0.1) is 13.8 Å². The van der Waals surface area contributed by atoms with Gasteiger partial charge >= 0.3 is 0 Å². The van der Waals surface area contributed by atoms with Gasteiger partial charge in [0.25, 0.3) is 0 Å². The van der Waals surface area contributed by atoms with Crippen molar-refractivity contribution in [1.29, 1.82) is 0 Å². The van der Waals surface area contributed by atoms with Crippen molar-refractivity contribution in [2.75, 3.05) is 0 Å². The first-order valence-corrected chi connectivity index (χ1v) is 5.42. The Morgan fingerprint density at radius 1 is 1.33 bits per heavy atom. The first-order valence-electron chi connectivity index (χ1n) is 4.64. The van der Waals surface area contributed by atoms with Crippen molar-refractivity contribution in [3.8, 4) is 0 Å². The van der Waals surface area contributed by atoms with Gasteiger partial charge in [-0.05, 0) is 36.5 Å². The number of aromatic nitrogens is 3. The zero-order valence-corrected chi connectivity index (χ0v) is 9.45. The van der Waals surface area contributed by atoms with Crippen molar-refractivity contribution in [3.63, 3.8) is 0 Å². The van der Waals surface area contributed by atoms with E-state index in [4.69, 9.17) is 5.73 Å². The molecule has 0 aromatic carbocycles. The van der Waals surface area contributed by atoms with E-state index in [0.717, 1.165) is 21.7 Å². The van der Waals surface area contributed by atoms with Crippen molar-refractivity contribution < 1.29 is 0 Å². The second-order valence-electron chi connectivity index (χ2n) is 3.50. The zero-order valence-electron chi connectivity index (χ0n) is 8.64. The van der Waals surface area contributed by atoms with Crippen molar-refractivity contribution >= 4 is 11.5 Å². The fourth-order valence-electron chi connectivity index (χ4n) is 1.42. The van der Waals surface area contributed by atoms with Crippen molar-refractivity contribution in [2.24, 2.45) is 5.73 Å². The Bertz CT molecular complexity index is 466. The Kier molecular flexibility index (Phi) is 2.75. The summed E-state index contributed by atoms with van der Waals surface area (Å²) in [5.41, 5.74) is 9.13. The summed E-state index contributed by atoms with van der Waals surface area (Å²) < 4.78 is 3.88. The molecule has 2 heterocycles. The summed E-state index contributed by atoms with van der Waals surface area (Å²) in [6.07, 6.45) is 3.60. The van der Waals surface area contributed by atoms with Gasteiger partial charge in [-0.2, -0.15) is 0 Å². The molecular weight excluding hydrogens is 208 g/mol. The Morgan fingerprint density at radius 3 is 2.73 bits per heavy atom. The highest BCUT2D eigenvalue weighted by molar-refractivity contribution is 7.05. The maximum atomic E-state index is 6.12. The number of aryl methyl sites for hydroxylation is 2. The molecule has 0 spiro atoms. The molecule has 0 aliphatic carbocycles. The molecule has 4 nitrogen and oxygen atoms in total. The van der Waals surface area contributed by atoms with Crippen LogP contribution in [0.3, 0.4) is 0 Å². The number of hydrogen-bond acceptors (Lipinski definition) is 5. The summed E-state index contributed by atoms with van der Waals surface area (Å²) in [6, 6.07) is 1.87. The second-order valence-corrected chi connectivity index (χ2v) is 4.28. The summed E-state index contributed by atoms with van der Waals surface area (Å²) in [4.78, 5) is 5.13. The van der Waals surface area contributed by atoms with Crippen LogP contribution in [0.25, 0.3) is 0 Å². The van der Waals surface area contributed by atoms with Crippen molar-refractivity contribution in [2.45, 2.75) is 19.9 Å². The Balaban J connectivity index is 2.36. The van der Waals surface area contributed by atoms with Crippen LogP contribution in [-0.2, 0) is 0 Å². The minimum Gasteiger partial charge on any atom is -0.319 e. The standard InChI is InChI=1S/C10H12N4S/c1-6-3-8(5-12-4-6)9(11)10-7(2)13-14-15-10/h3-5,9H,11H2,1-2H3. The first-order chi connectivity index (χ1) is 7.18. The SMILES string of the molecule is Cc1cncc(C(N)c2snnc2C)c1. The quantitative estimate of drug-likeness (QED) is 0.834. The summed E-state index contributed by atoms with van der Waals surface area (Å²) >= 11 is 1.34. The summed E-state index contributed by atoms with van der Waals surface area (Å²) in [5.74, 6) is 0. The van der Waals surface area contributed by atoms with Gasteiger partial charge in [-0.3, -0.25) is 4.98 Å². The van der Waals surface area contributed by atoms with Gasteiger partial charge in [0.2, 0.25) is 0 Å². The predicted octanol–water partition coefficient (Wildman–Crippen LogP) is 1.60. The van der Waals surface area contributed by atoms with Gasteiger partial charge in [0, 0.05) is 12.4 Å². The molecule has 0 radical (unpaired) electrons. The van der Waals surface area contributed by atoms with Crippen molar-refractivity contribution in [3.05, 3.63) is 40.2 Å². The maximum Gasteiger partial charge on any atom is 0.0776 e. The monoisotopic (exact) mass is 220 g/mol. The Hall–Kier alpha value is -1.33. The third kappa shape index (κ3) is 2.03. The molecule has 0 fully saturated rings. The molecule has 2 aromatic heterocycles. The fourth-order valence-corrected chi connectivity index (χ4v) is 2.10. The second kappa shape index (κ2) is 4.04. The zero-order chi connectivity index (χ0) is 10.8. The molecule has 0 saturated heterocycles. The molecule has 78 valence electrons. The molecule has 15 heavy (non-hydrogen) atoms. The van der Waals surface area contributed by atoms with E-state index in [1.54, 1.807) is 6.20 Å². The summed E-state index contributed by atoms with van der Waals surface area (Å²) in [6.45, 7) is 3.92.